The smallest absolute Gasteiger partial charge is 0.333 e. The minimum Gasteiger partial charge on any atom is -0.481 e. The second-order valence-electron chi connectivity index (χ2n) is 18.5. The Morgan fingerprint density at radius 2 is 1.09 bits per heavy atom. The third-order valence-electron chi connectivity index (χ3n) is 14.9. The van der Waals surface area contributed by atoms with Gasteiger partial charge in [0.2, 0.25) is 0 Å². The molecule has 12 atom stereocenters. The standard InChI is InChI=1S/C43H64O15/c1-24-10-12-30-40(3,22-44)14-8-16-42(30,5)28(24)20-57-35(37(51)52)27(19-33(47)48)39(54)58-23-41(4)15-9-17-43(6)29(25(2)11-13-31(41)43)21-56-34(36(49)50)26(18-32(45)46)38(53)55-7/h26-31,34-35,44H,1-2,8-23H2,3-7H3,(H,45,46)(H,47,48)(H,49,50)(H,51,52)/t26-,27-,28-,29-,30-,31-,34+,35+,40-,41-,42+,43+/m0/s1. The molecule has 15 nitrogen and oxygen atoms in total. The topological polar surface area (TPSA) is 240 Å². The fraction of sp³-hybridized carbons (Fsp3) is 0.767. The Morgan fingerprint density at radius 3 is 1.48 bits per heavy atom. The number of ether oxygens (including phenoxy) is 4. The first-order valence-corrected chi connectivity index (χ1v) is 20.4. The normalized spacial score (nSPS) is 34.3. The average molecular weight is 821 g/mol. The molecule has 4 fully saturated rings. The Morgan fingerprint density at radius 1 is 0.672 bits per heavy atom. The second-order valence-corrected chi connectivity index (χ2v) is 18.5. The molecule has 4 aliphatic carbocycles. The summed E-state index contributed by atoms with van der Waals surface area (Å²) in [6.07, 6.45) is 2.00. The van der Waals surface area contributed by atoms with E-state index in [2.05, 4.69) is 27.0 Å². The van der Waals surface area contributed by atoms with E-state index in [1.807, 2.05) is 13.8 Å². The van der Waals surface area contributed by atoms with Crippen molar-refractivity contribution < 1.29 is 73.2 Å². The summed E-state index contributed by atoms with van der Waals surface area (Å²) in [5.41, 5.74) is -0.174. The van der Waals surface area contributed by atoms with Crippen LogP contribution in [0.2, 0.25) is 0 Å². The predicted octanol–water partition coefficient (Wildman–Crippen LogP) is 5.37. The number of hydrogen-bond acceptors (Lipinski definition) is 11. The van der Waals surface area contributed by atoms with Crippen LogP contribution in [0.4, 0.5) is 0 Å². The fourth-order valence-electron chi connectivity index (χ4n) is 11.8. The first-order chi connectivity index (χ1) is 27.1. The SMILES string of the molecule is C=C1CC[C@H]2[C@](C)(COC(=O)[C@@H](CC(=O)O)[C@@H](OC[C@H]3C(=C)CC[C@H]4[C@](C)(CO)CCC[C@]34C)C(=O)O)CCC[C@]2(C)[C@H]1CO[C@@H](C(=O)O)[C@H](CC(=O)O)C(=O)OC. The summed E-state index contributed by atoms with van der Waals surface area (Å²) >= 11 is 0. The predicted molar refractivity (Wildman–Crippen MR) is 207 cm³/mol. The molecule has 0 aromatic rings. The molecule has 4 aliphatic rings. The highest BCUT2D eigenvalue weighted by atomic mass is 16.6. The summed E-state index contributed by atoms with van der Waals surface area (Å²) in [6, 6.07) is 0. The first-order valence-electron chi connectivity index (χ1n) is 20.4. The van der Waals surface area contributed by atoms with Crippen molar-refractivity contribution in [2.24, 2.45) is 57.2 Å². The molecule has 5 N–H and O–H groups in total. The molecular weight excluding hydrogens is 756 g/mol. The van der Waals surface area contributed by atoms with E-state index >= 15 is 0 Å². The van der Waals surface area contributed by atoms with Crippen LogP contribution < -0.4 is 0 Å². The van der Waals surface area contributed by atoms with Crippen LogP contribution in [0.3, 0.4) is 0 Å². The van der Waals surface area contributed by atoms with E-state index in [9.17, 15) is 54.3 Å². The summed E-state index contributed by atoms with van der Waals surface area (Å²) in [7, 11) is 1.04. The maximum Gasteiger partial charge on any atom is 0.333 e. The van der Waals surface area contributed by atoms with Crippen molar-refractivity contribution in [3.05, 3.63) is 24.3 Å². The lowest BCUT2D eigenvalue weighted by molar-refractivity contribution is -0.180. The van der Waals surface area contributed by atoms with E-state index in [0.29, 0.717) is 38.5 Å². The zero-order valence-electron chi connectivity index (χ0n) is 34.7. The summed E-state index contributed by atoms with van der Waals surface area (Å²) in [5.74, 6) is -11.7. The molecule has 0 aromatic heterocycles. The van der Waals surface area contributed by atoms with Gasteiger partial charge in [0, 0.05) is 23.9 Å². The minimum absolute atomic E-state index is 0.0248. The Bertz CT molecular complexity index is 1610. The molecular formula is C43H64O15. The van der Waals surface area contributed by atoms with Gasteiger partial charge in [-0.15, -0.1) is 0 Å². The number of methoxy groups -OCH3 is 1. The van der Waals surface area contributed by atoms with Gasteiger partial charge in [0.05, 0.1) is 39.8 Å². The lowest BCUT2D eigenvalue weighted by Gasteiger charge is -2.58. The maximum atomic E-state index is 13.9. The quantitative estimate of drug-likeness (QED) is 0.0813. The third-order valence-corrected chi connectivity index (χ3v) is 14.9. The highest BCUT2D eigenvalue weighted by molar-refractivity contribution is 5.87. The molecule has 15 heteroatoms. The van der Waals surface area contributed by atoms with Crippen LogP contribution in [0, 0.1) is 57.2 Å². The van der Waals surface area contributed by atoms with Gasteiger partial charge in [0.15, 0.2) is 12.2 Å². The molecule has 4 saturated carbocycles. The molecule has 0 radical (unpaired) electrons. The number of fused-ring (bicyclic) bond motifs is 2. The zero-order valence-corrected chi connectivity index (χ0v) is 34.7. The summed E-state index contributed by atoms with van der Waals surface area (Å²) in [5, 5.41) is 49.9. The highest BCUT2D eigenvalue weighted by Crippen LogP contribution is 2.62. The van der Waals surface area contributed by atoms with Crippen molar-refractivity contribution in [1.29, 1.82) is 0 Å². The third kappa shape index (κ3) is 9.62. The van der Waals surface area contributed by atoms with Crippen molar-refractivity contribution in [3.63, 3.8) is 0 Å². The highest BCUT2D eigenvalue weighted by Gasteiger charge is 2.57. The van der Waals surface area contributed by atoms with Gasteiger partial charge in [-0.05, 0) is 79.4 Å². The molecule has 326 valence electrons. The van der Waals surface area contributed by atoms with E-state index in [0.717, 1.165) is 43.9 Å². The molecule has 0 heterocycles. The van der Waals surface area contributed by atoms with Gasteiger partial charge in [0.25, 0.3) is 0 Å². The number of carboxylic acids is 4. The zero-order chi connectivity index (χ0) is 43.4. The number of carbonyl (C=O) groups is 6. The molecule has 0 saturated heterocycles. The molecule has 0 aliphatic heterocycles. The van der Waals surface area contributed by atoms with Crippen molar-refractivity contribution in [3.8, 4) is 0 Å². The van der Waals surface area contributed by atoms with Gasteiger partial charge >= 0.3 is 35.8 Å². The molecule has 0 aromatic carbocycles. The molecule has 0 spiro atoms. The van der Waals surface area contributed by atoms with Crippen LogP contribution in [-0.2, 0) is 47.7 Å². The summed E-state index contributed by atoms with van der Waals surface area (Å²) in [6.45, 7) is 16.4. The number of hydrogen-bond donors (Lipinski definition) is 5. The van der Waals surface area contributed by atoms with Crippen LogP contribution in [0.1, 0.15) is 105 Å². The monoisotopic (exact) mass is 820 g/mol. The van der Waals surface area contributed by atoms with Crippen LogP contribution in [0.15, 0.2) is 24.3 Å². The van der Waals surface area contributed by atoms with Crippen molar-refractivity contribution in [2.45, 2.75) is 117 Å². The fourth-order valence-corrected chi connectivity index (χ4v) is 11.8. The number of aliphatic hydroxyl groups is 1. The second kappa shape index (κ2) is 18.6. The van der Waals surface area contributed by atoms with Crippen molar-refractivity contribution >= 4 is 35.8 Å². The lowest BCUT2D eigenvalue weighted by atomic mass is 9.47. The minimum atomic E-state index is -1.81. The molecule has 0 unspecified atom stereocenters. The number of carboxylic acid groups (broad SMARTS) is 4. The molecule has 58 heavy (non-hydrogen) atoms. The van der Waals surface area contributed by atoms with E-state index in [4.69, 9.17) is 18.9 Å². The molecule has 0 bridgehead atoms. The molecule has 4 rings (SSSR count). The average Bonchev–Trinajstić information content (AvgIpc) is 3.13. The van der Waals surface area contributed by atoms with Crippen LogP contribution >= 0.6 is 0 Å². The summed E-state index contributed by atoms with van der Waals surface area (Å²) < 4.78 is 22.5. The van der Waals surface area contributed by atoms with E-state index in [-0.39, 0.29) is 55.0 Å². The van der Waals surface area contributed by atoms with Crippen molar-refractivity contribution in [1.82, 2.24) is 0 Å². The first kappa shape index (κ1) is 46.9. The Labute approximate surface area is 340 Å². The van der Waals surface area contributed by atoms with E-state index in [1.165, 1.54) is 0 Å². The maximum absolute atomic E-state index is 13.9. The Hall–Kier alpha value is -3.82. The van der Waals surface area contributed by atoms with E-state index in [1.54, 1.807) is 0 Å². The Balaban J connectivity index is 1.52. The van der Waals surface area contributed by atoms with Gasteiger partial charge < -0.3 is 44.5 Å². The van der Waals surface area contributed by atoms with Crippen LogP contribution in [0.25, 0.3) is 0 Å². The number of aliphatic hydroxyl groups excluding tert-OH is 1. The number of aliphatic carboxylic acids is 4. The van der Waals surface area contributed by atoms with Gasteiger partial charge in [-0.2, -0.15) is 0 Å². The molecule has 0 amide bonds. The van der Waals surface area contributed by atoms with Gasteiger partial charge in [0.1, 0.15) is 11.8 Å². The van der Waals surface area contributed by atoms with Crippen LogP contribution in [0.5, 0.6) is 0 Å². The van der Waals surface area contributed by atoms with Gasteiger partial charge in [-0.25, -0.2) is 9.59 Å². The van der Waals surface area contributed by atoms with E-state index < -0.39 is 89.4 Å². The number of esters is 2. The number of carbonyl (C=O) groups excluding carboxylic acids is 2. The summed E-state index contributed by atoms with van der Waals surface area (Å²) in [4.78, 5) is 75.0. The van der Waals surface area contributed by atoms with Crippen LogP contribution in [-0.4, -0.2) is 107 Å². The lowest BCUT2D eigenvalue weighted by Crippen LogP contribution is -2.54. The van der Waals surface area contributed by atoms with Crippen molar-refractivity contribution in [2.75, 3.05) is 33.5 Å². The largest absolute Gasteiger partial charge is 0.481 e. The number of rotatable bonds is 19. The van der Waals surface area contributed by atoms with Gasteiger partial charge in [-0.1, -0.05) is 64.8 Å². The Kier molecular flexibility index (Phi) is 15.0. The van der Waals surface area contributed by atoms with Gasteiger partial charge in [-0.3, -0.25) is 19.2 Å².